The number of carbonyl (C=O) groups is 2. The van der Waals surface area contributed by atoms with Gasteiger partial charge in [-0.25, -0.2) is 0 Å². The summed E-state index contributed by atoms with van der Waals surface area (Å²) < 4.78 is 5.17. The van der Waals surface area contributed by atoms with Gasteiger partial charge in [-0.1, -0.05) is 0 Å². The Morgan fingerprint density at radius 3 is 2.62 bits per heavy atom. The topological polar surface area (TPSA) is 95.1 Å². The van der Waals surface area contributed by atoms with Crippen molar-refractivity contribution in [2.75, 3.05) is 7.11 Å². The number of hydrogen-bond donors (Lipinski definition) is 1. The first-order valence-electron chi connectivity index (χ1n) is 7.13. The largest absolute Gasteiger partial charge is 0.543 e. The van der Waals surface area contributed by atoms with Crippen LogP contribution in [0.2, 0.25) is 0 Å². The van der Waals surface area contributed by atoms with Crippen molar-refractivity contribution in [3.63, 3.8) is 0 Å². The van der Waals surface area contributed by atoms with Gasteiger partial charge in [-0.05, 0) is 42.5 Å². The third kappa shape index (κ3) is 2.89. The van der Waals surface area contributed by atoms with E-state index in [1.54, 1.807) is 30.3 Å². The van der Waals surface area contributed by atoms with Crippen LogP contribution in [0.15, 0.2) is 48.8 Å². The standard InChI is InChI=1S/C18H14N2O4/c1-24-12-2-4-15-14(10-12)13(17(20-15)18(22)23)3-5-16(21)11-6-8-19-9-7-11/h2-10,20H,1H3,(H,22,23)/p-1/b5-3+. The number of ketones is 1. The van der Waals surface area contributed by atoms with Gasteiger partial charge in [0.1, 0.15) is 5.75 Å². The fraction of sp³-hybridized carbons (Fsp3) is 0.0556. The molecule has 0 amide bonds. The van der Waals surface area contributed by atoms with Crippen LogP contribution in [0.3, 0.4) is 0 Å². The van der Waals surface area contributed by atoms with Gasteiger partial charge in [0.15, 0.2) is 5.78 Å². The Labute approximate surface area is 137 Å². The molecule has 0 fully saturated rings. The maximum atomic E-state index is 12.2. The van der Waals surface area contributed by atoms with Crippen molar-refractivity contribution >= 4 is 28.7 Å². The molecule has 24 heavy (non-hydrogen) atoms. The van der Waals surface area contributed by atoms with Crippen LogP contribution >= 0.6 is 0 Å². The number of ether oxygens (including phenoxy) is 1. The highest BCUT2D eigenvalue weighted by Crippen LogP contribution is 2.27. The van der Waals surface area contributed by atoms with Crippen LogP contribution in [0.4, 0.5) is 0 Å². The average molecular weight is 321 g/mol. The van der Waals surface area contributed by atoms with Gasteiger partial charge in [0.05, 0.1) is 18.8 Å². The molecule has 0 atom stereocenters. The number of rotatable bonds is 5. The third-order valence-electron chi connectivity index (χ3n) is 3.62. The highest BCUT2D eigenvalue weighted by molar-refractivity contribution is 6.09. The quantitative estimate of drug-likeness (QED) is 0.571. The molecule has 0 spiro atoms. The molecule has 0 saturated heterocycles. The molecule has 0 aliphatic rings. The van der Waals surface area contributed by atoms with Crippen molar-refractivity contribution in [1.82, 2.24) is 9.97 Å². The summed E-state index contributed by atoms with van der Waals surface area (Å²) in [5, 5.41) is 12.0. The molecule has 0 radical (unpaired) electrons. The van der Waals surface area contributed by atoms with E-state index in [2.05, 4.69) is 9.97 Å². The summed E-state index contributed by atoms with van der Waals surface area (Å²) in [6.45, 7) is 0. The fourth-order valence-corrected chi connectivity index (χ4v) is 2.42. The predicted octanol–water partition coefficient (Wildman–Crippen LogP) is 1.83. The molecule has 0 unspecified atom stereocenters. The number of methoxy groups -OCH3 is 1. The third-order valence-corrected chi connectivity index (χ3v) is 3.62. The van der Waals surface area contributed by atoms with Gasteiger partial charge in [0.25, 0.3) is 0 Å². The van der Waals surface area contributed by atoms with Crippen LogP contribution in [0, 0.1) is 0 Å². The first-order valence-corrected chi connectivity index (χ1v) is 7.13. The minimum absolute atomic E-state index is 0.0861. The summed E-state index contributed by atoms with van der Waals surface area (Å²) >= 11 is 0. The number of hydrogen-bond acceptors (Lipinski definition) is 5. The van der Waals surface area contributed by atoms with Gasteiger partial charge in [0.2, 0.25) is 0 Å². The molecule has 2 aromatic heterocycles. The monoisotopic (exact) mass is 321 g/mol. The van der Waals surface area contributed by atoms with Gasteiger partial charge < -0.3 is 19.6 Å². The first kappa shape index (κ1) is 15.5. The molecular formula is C18H13N2O4-. The molecule has 0 bridgehead atoms. The zero-order valence-corrected chi connectivity index (χ0v) is 12.8. The lowest BCUT2D eigenvalue weighted by Gasteiger charge is -2.02. The number of aromatic carboxylic acids is 1. The lowest BCUT2D eigenvalue weighted by Crippen LogP contribution is -2.23. The number of allylic oxidation sites excluding steroid dienone is 1. The van der Waals surface area contributed by atoms with E-state index in [1.807, 2.05) is 0 Å². The molecule has 0 saturated carbocycles. The molecule has 0 aliphatic heterocycles. The van der Waals surface area contributed by atoms with Crippen LogP contribution < -0.4 is 9.84 Å². The van der Waals surface area contributed by atoms with Gasteiger partial charge in [-0.3, -0.25) is 9.78 Å². The Balaban J connectivity index is 2.06. The Kier molecular flexibility index (Phi) is 4.11. The Bertz CT molecular complexity index is 942. The molecule has 3 aromatic rings. The van der Waals surface area contributed by atoms with Crippen molar-refractivity contribution in [1.29, 1.82) is 0 Å². The maximum Gasteiger partial charge on any atom is 0.185 e. The van der Waals surface area contributed by atoms with E-state index in [1.165, 1.54) is 31.7 Å². The maximum absolute atomic E-state index is 12.2. The van der Waals surface area contributed by atoms with Crippen molar-refractivity contribution < 1.29 is 19.4 Å². The average Bonchev–Trinajstić information content (AvgIpc) is 2.98. The molecule has 0 aliphatic carbocycles. The molecule has 6 nitrogen and oxygen atoms in total. The van der Waals surface area contributed by atoms with Crippen LogP contribution in [0.25, 0.3) is 17.0 Å². The minimum atomic E-state index is -1.35. The number of aromatic nitrogens is 2. The number of benzene rings is 1. The molecule has 120 valence electrons. The number of pyridine rings is 1. The van der Waals surface area contributed by atoms with Crippen LogP contribution in [-0.2, 0) is 0 Å². The SMILES string of the molecule is COc1ccc2[nH]c(C(=O)[O-])c(/C=C/C(=O)c3ccncc3)c2c1. The normalized spacial score (nSPS) is 11.0. The lowest BCUT2D eigenvalue weighted by atomic mass is 10.1. The summed E-state index contributed by atoms with van der Waals surface area (Å²) in [6.07, 6.45) is 5.82. The van der Waals surface area contributed by atoms with Gasteiger partial charge in [-0.2, -0.15) is 0 Å². The Morgan fingerprint density at radius 2 is 1.96 bits per heavy atom. The number of aromatic amines is 1. The number of fused-ring (bicyclic) bond motifs is 1. The fourth-order valence-electron chi connectivity index (χ4n) is 2.42. The van der Waals surface area contributed by atoms with E-state index in [-0.39, 0.29) is 11.5 Å². The van der Waals surface area contributed by atoms with Crippen molar-refractivity contribution in [3.8, 4) is 5.75 Å². The van der Waals surface area contributed by atoms with E-state index in [4.69, 9.17) is 4.74 Å². The molecular weight excluding hydrogens is 308 g/mol. The zero-order chi connectivity index (χ0) is 17.1. The number of carboxylic acid groups (broad SMARTS) is 1. The number of carbonyl (C=O) groups excluding carboxylic acids is 2. The number of nitrogens with one attached hydrogen (secondary N) is 1. The summed E-state index contributed by atoms with van der Waals surface area (Å²) in [6, 6.07) is 8.31. The number of nitrogens with zero attached hydrogens (tertiary/aromatic N) is 1. The summed E-state index contributed by atoms with van der Waals surface area (Å²) in [5.74, 6) is -1.01. The second kappa shape index (κ2) is 6.37. The number of H-pyrrole nitrogens is 1. The van der Waals surface area contributed by atoms with Crippen molar-refractivity contribution in [2.45, 2.75) is 0 Å². The van der Waals surface area contributed by atoms with Crippen LogP contribution in [0.5, 0.6) is 5.75 Å². The van der Waals surface area contributed by atoms with Gasteiger partial charge in [-0.15, -0.1) is 0 Å². The smallest absolute Gasteiger partial charge is 0.185 e. The highest BCUT2D eigenvalue weighted by Gasteiger charge is 2.12. The van der Waals surface area contributed by atoms with E-state index in [0.717, 1.165) is 0 Å². The zero-order valence-electron chi connectivity index (χ0n) is 12.8. The first-order chi connectivity index (χ1) is 11.6. The van der Waals surface area contributed by atoms with E-state index < -0.39 is 5.97 Å². The minimum Gasteiger partial charge on any atom is -0.543 e. The second-order valence-electron chi connectivity index (χ2n) is 5.05. The van der Waals surface area contributed by atoms with Gasteiger partial charge >= 0.3 is 0 Å². The molecule has 2 heterocycles. The van der Waals surface area contributed by atoms with E-state index in [9.17, 15) is 14.7 Å². The molecule has 1 aromatic carbocycles. The predicted molar refractivity (Wildman–Crippen MR) is 86.8 cm³/mol. The van der Waals surface area contributed by atoms with E-state index >= 15 is 0 Å². The highest BCUT2D eigenvalue weighted by atomic mass is 16.5. The van der Waals surface area contributed by atoms with Crippen molar-refractivity contribution in [3.05, 3.63) is 65.6 Å². The molecule has 3 rings (SSSR count). The van der Waals surface area contributed by atoms with E-state index in [0.29, 0.717) is 27.8 Å². The summed E-state index contributed by atoms with van der Waals surface area (Å²) in [4.78, 5) is 30.2. The van der Waals surface area contributed by atoms with Crippen molar-refractivity contribution in [2.24, 2.45) is 0 Å². The van der Waals surface area contributed by atoms with Gasteiger partial charge in [0, 0.05) is 34.4 Å². The Morgan fingerprint density at radius 1 is 1.21 bits per heavy atom. The van der Waals surface area contributed by atoms with Crippen LogP contribution in [-0.4, -0.2) is 28.8 Å². The summed E-state index contributed by atoms with van der Waals surface area (Å²) in [5.41, 5.74) is 1.36. The molecule has 1 N–H and O–H groups in total. The summed E-state index contributed by atoms with van der Waals surface area (Å²) in [7, 11) is 1.52. The Hall–Kier alpha value is -3.41. The van der Waals surface area contributed by atoms with Crippen LogP contribution in [0.1, 0.15) is 26.4 Å². The lowest BCUT2D eigenvalue weighted by molar-refractivity contribution is -0.255. The number of carboxylic acids is 1. The second-order valence-corrected chi connectivity index (χ2v) is 5.05. The molecule has 6 heteroatoms.